The molecule has 1 saturated heterocycles. The lowest BCUT2D eigenvalue weighted by atomic mass is 10.1. The summed E-state index contributed by atoms with van der Waals surface area (Å²) in [5.41, 5.74) is 1.42. The number of nitrogens with zero attached hydrogens (tertiary/aromatic N) is 3. The molecule has 3 rings (SSSR count). The van der Waals surface area contributed by atoms with Crippen LogP contribution in [0.2, 0.25) is 0 Å². The number of rotatable bonds is 2. The van der Waals surface area contributed by atoms with E-state index in [1.54, 1.807) is 0 Å². The average molecular weight is 338 g/mol. The lowest BCUT2D eigenvalue weighted by Gasteiger charge is -2.29. The van der Waals surface area contributed by atoms with Gasteiger partial charge in [-0.1, -0.05) is 15.9 Å². The maximum Gasteiger partial charge on any atom is 0.311 e. The summed E-state index contributed by atoms with van der Waals surface area (Å²) in [6.45, 7) is 2.45. The molecular formula is C13H12BrN3O3. The van der Waals surface area contributed by atoms with E-state index in [0.29, 0.717) is 32.0 Å². The number of morpholine rings is 1. The summed E-state index contributed by atoms with van der Waals surface area (Å²) in [5.74, 6) is 0. The van der Waals surface area contributed by atoms with Crippen molar-refractivity contribution < 1.29 is 9.66 Å². The number of nitro groups is 1. The van der Waals surface area contributed by atoms with Gasteiger partial charge in [0, 0.05) is 22.9 Å². The maximum absolute atomic E-state index is 11.3. The van der Waals surface area contributed by atoms with E-state index in [9.17, 15) is 10.1 Å². The van der Waals surface area contributed by atoms with E-state index in [4.69, 9.17) is 4.74 Å². The lowest BCUT2D eigenvalue weighted by molar-refractivity contribution is -0.384. The molecule has 0 aliphatic carbocycles. The zero-order valence-electron chi connectivity index (χ0n) is 10.6. The van der Waals surface area contributed by atoms with E-state index < -0.39 is 0 Å². The Hall–Kier alpha value is -1.73. The van der Waals surface area contributed by atoms with E-state index in [1.165, 1.54) is 6.20 Å². The largest absolute Gasteiger partial charge is 0.378 e. The fraction of sp³-hybridized carbons (Fsp3) is 0.308. The van der Waals surface area contributed by atoms with Crippen molar-refractivity contribution in [2.24, 2.45) is 0 Å². The van der Waals surface area contributed by atoms with Gasteiger partial charge in [-0.05, 0) is 18.2 Å². The third-order valence-electron chi connectivity index (χ3n) is 3.31. The summed E-state index contributed by atoms with van der Waals surface area (Å²) in [7, 11) is 0. The number of ether oxygens (including phenoxy) is 1. The van der Waals surface area contributed by atoms with E-state index in [2.05, 4.69) is 20.9 Å². The van der Waals surface area contributed by atoms with Gasteiger partial charge in [-0.15, -0.1) is 0 Å². The Kier molecular flexibility index (Phi) is 3.54. The molecule has 0 atom stereocenters. The second-order valence-electron chi connectivity index (χ2n) is 4.51. The van der Waals surface area contributed by atoms with Crippen LogP contribution in [-0.2, 0) is 4.74 Å². The Bertz CT molecular complexity index is 671. The number of anilines is 1. The molecule has 104 valence electrons. The van der Waals surface area contributed by atoms with Gasteiger partial charge in [-0.2, -0.15) is 0 Å². The van der Waals surface area contributed by atoms with Crippen LogP contribution in [0.4, 0.5) is 11.4 Å². The highest BCUT2D eigenvalue weighted by molar-refractivity contribution is 9.10. The Balaban J connectivity index is 2.25. The van der Waals surface area contributed by atoms with Gasteiger partial charge in [-0.3, -0.25) is 10.1 Å². The third kappa shape index (κ3) is 2.34. The first-order valence-corrected chi connectivity index (χ1v) is 7.01. The predicted octanol–water partition coefficient (Wildman–Crippen LogP) is 2.74. The van der Waals surface area contributed by atoms with Crippen LogP contribution in [0.25, 0.3) is 10.9 Å². The Morgan fingerprint density at radius 3 is 2.80 bits per heavy atom. The quantitative estimate of drug-likeness (QED) is 0.622. The summed E-state index contributed by atoms with van der Waals surface area (Å²) in [4.78, 5) is 17.1. The second kappa shape index (κ2) is 5.34. The molecule has 2 heterocycles. The van der Waals surface area contributed by atoms with Crippen molar-refractivity contribution in [2.45, 2.75) is 0 Å². The van der Waals surface area contributed by atoms with Crippen molar-refractivity contribution in [1.29, 1.82) is 0 Å². The van der Waals surface area contributed by atoms with Crippen LogP contribution < -0.4 is 4.90 Å². The molecule has 0 amide bonds. The number of benzene rings is 1. The molecule has 1 aromatic heterocycles. The van der Waals surface area contributed by atoms with Crippen LogP contribution in [0.3, 0.4) is 0 Å². The molecule has 1 aliphatic rings. The standard InChI is InChI=1S/C13H12BrN3O3/c14-9-1-2-11-10(7-9)13(12(8-15-11)17(18)19)16-3-5-20-6-4-16/h1-2,7-8H,3-6H2. The highest BCUT2D eigenvalue weighted by atomic mass is 79.9. The number of pyridine rings is 1. The number of hydrogen-bond donors (Lipinski definition) is 0. The number of hydrogen-bond acceptors (Lipinski definition) is 5. The zero-order chi connectivity index (χ0) is 14.1. The van der Waals surface area contributed by atoms with Crippen molar-refractivity contribution >= 4 is 38.2 Å². The lowest BCUT2D eigenvalue weighted by Crippen LogP contribution is -2.36. The van der Waals surface area contributed by atoms with E-state index in [-0.39, 0.29) is 10.6 Å². The average Bonchev–Trinajstić information content (AvgIpc) is 2.46. The zero-order valence-corrected chi connectivity index (χ0v) is 12.2. The fourth-order valence-corrected chi connectivity index (χ4v) is 2.75. The van der Waals surface area contributed by atoms with Gasteiger partial charge >= 0.3 is 5.69 Å². The number of aromatic nitrogens is 1. The van der Waals surface area contributed by atoms with Gasteiger partial charge in [0.15, 0.2) is 0 Å². The minimum absolute atomic E-state index is 0.0394. The van der Waals surface area contributed by atoms with Gasteiger partial charge in [0.1, 0.15) is 11.9 Å². The van der Waals surface area contributed by atoms with E-state index >= 15 is 0 Å². The minimum Gasteiger partial charge on any atom is -0.378 e. The predicted molar refractivity (Wildman–Crippen MR) is 79.1 cm³/mol. The molecule has 0 saturated carbocycles. The van der Waals surface area contributed by atoms with Crippen LogP contribution >= 0.6 is 15.9 Å². The summed E-state index contributed by atoms with van der Waals surface area (Å²) < 4.78 is 6.20. The molecule has 0 bridgehead atoms. The Labute approximate surface area is 123 Å². The molecule has 7 heteroatoms. The highest BCUT2D eigenvalue weighted by Crippen LogP contribution is 2.36. The van der Waals surface area contributed by atoms with Crippen molar-refractivity contribution in [2.75, 3.05) is 31.2 Å². The highest BCUT2D eigenvalue weighted by Gasteiger charge is 2.24. The maximum atomic E-state index is 11.3. The first-order valence-electron chi connectivity index (χ1n) is 6.22. The van der Waals surface area contributed by atoms with E-state index in [0.717, 1.165) is 15.4 Å². The summed E-state index contributed by atoms with van der Waals surface area (Å²) in [6.07, 6.45) is 1.33. The van der Waals surface area contributed by atoms with Crippen molar-refractivity contribution in [3.63, 3.8) is 0 Å². The smallest absolute Gasteiger partial charge is 0.311 e. The molecule has 20 heavy (non-hydrogen) atoms. The van der Waals surface area contributed by atoms with Crippen LogP contribution in [0.15, 0.2) is 28.9 Å². The molecule has 0 N–H and O–H groups in total. The van der Waals surface area contributed by atoms with Gasteiger partial charge < -0.3 is 9.64 Å². The van der Waals surface area contributed by atoms with E-state index in [1.807, 2.05) is 23.1 Å². The first-order chi connectivity index (χ1) is 9.66. The normalized spacial score (nSPS) is 15.6. The Morgan fingerprint density at radius 1 is 1.35 bits per heavy atom. The fourth-order valence-electron chi connectivity index (χ4n) is 2.39. The van der Waals surface area contributed by atoms with Crippen LogP contribution in [0.1, 0.15) is 0 Å². The SMILES string of the molecule is O=[N+]([O-])c1cnc2ccc(Br)cc2c1N1CCOCC1. The first kappa shape index (κ1) is 13.3. The molecular weight excluding hydrogens is 326 g/mol. The van der Waals surface area contributed by atoms with Crippen LogP contribution in [0.5, 0.6) is 0 Å². The monoisotopic (exact) mass is 337 g/mol. The molecule has 6 nitrogen and oxygen atoms in total. The molecule has 0 unspecified atom stereocenters. The van der Waals surface area contributed by atoms with Gasteiger partial charge in [0.25, 0.3) is 0 Å². The van der Waals surface area contributed by atoms with Crippen molar-refractivity contribution in [3.8, 4) is 0 Å². The minimum atomic E-state index is -0.377. The Morgan fingerprint density at radius 2 is 2.10 bits per heavy atom. The molecule has 1 aliphatic heterocycles. The third-order valence-corrected chi connectivity index (χ3v) is 3.80. The van der Waals surface area contributed by atoms with Crippen LogP contribution in [0, 0.1) is 10.1 Å². The second-order valence-corrected chi connectivity index (χ2v) is 5.43. The summed E-state index contributed by atoms with van der Waals surface area (Å²) in [6, 6.07) is 5.61. The summed E-state index contributed by atoms with van der Waals surface area (Å²) in [5, 5.41) is 12.1. The topological polar surface area (TPSA) is 68.5 Å². The van der Waals surface area contributed by atoms with Crippen LogP contribution in [-0.4, -0.2) is 36.2 Å². The summed E-state index contributed by atoms with van der Waals surface area (Å²) >= 11 is 3.41. The van der Waals surface area contributed by atoms with Gasteiger partial charge in [-0.25, -0.2) is 4.98 Å². The molecule has 0 radical (unpaired) electrons. The van der Waals surface area contributed by atoms with Gasteiger partial charge in [0.05, 0.1) is 23.7 Å². The van der Waals surface area contributed by atoms with Crippen molar-refractivity contribution in [3.05, 3.63) is 39.0 Å². The number of fused-ring (bicyclic) bond motifs is 1. The molecule has 2 aromatic rings. The van der Waals surface area contributed by atoms with Gasteiger partial charge in [0.2, 0.25) is 0 Å². The molecule has 0 spiro atoms. The number of halogens is 1. The molecule has 1 fully saturated rings. The van der Waals surface area contributed by atoms with Crippen molar-refractivity contribution in [1.82, 2.24) is 4.98 Å². The molecule has 1 aromatic carbocycles.